The lowest BCUT2D eigenvalue weighted by molar-refractivity contribution is 0.574. The van der Waals surface area contributed by atoms with Crippen molar-refractivity contribution < 1.29 is 4.42 Å². The zero-order valence-corrected chi connectivity index (χ0v) is 12.2. The number of fused-ring (bicyclic) bond motifs is 1. The molecule has 4 aromatic rings. The molecule has 0 aliphatic rings. The van der Waals surface area contributed by atoms with Crippen LogP contribution in [0.3, 0.4) is 0 Å². The molecule has 0 aliphatic heterocycles. The van der Waals surface area contributed by atoms with E-state index in [1.807, 2.05) is 42.5 Å². The Morgan fingerprint density at radius 3 is 2.61 bits per heavy atom. The molecule has 23 heavy (non-hydrogen) atoms. The van der Waals surface area contributed by atoms with E-state index in [9.17, 15) is 4.79 Å². The van der Waals surface area contributed by atoms with Gasteiger partial charge in [0.25, 0.3) is 5.56 Å². The minimum atomic E-state index is -0.0348. The van der Waals surface area contributed by atoms with E-state index in [4.69, 9.17) is 4.42 Å². The van der Waals surface area contributed by atoms with E-state index in [1.54, 1.807) is 29.4 Å². The quantitative estimate of drug-likeness (QED) is 0.583. The third-order valence-electron chi connectivity index (χ3n) is 3.72. The van der Waals surface area contributed by atoms with Crippen LogP contribution in [0, 0.1) is 0 Å². The minimum absolute atomic E-state index is 0.0348. The SMILES string of the molecule is O=c1c2ccccc2ncn1Cc1ccc(-c2ncco2)cc1. The van der Waals surface area contributed by atoms with E-state index in [2.05, 4.69) is 9.97 Å². The van der Waals surface area contributed by atoms with E-state index in [0.717, 1.165) is 11.1 Å². The van der Waals surface area contributed by atoms with Gasteiger partial charge >= 0.3 is 0 Å². The summed E-state index contributed by atoms with van der Waals surface area (Å²) in [5.74, 6) is 0.584. The largest absolute Gasteiger partial charge is 0.445 e. The lowest BCUT2D eigenvalue weighted by Gasteiger charge is -2.07. The average Bonchev–Trinajstić information content (AvgIpc) is 3.13. The maximum absolute atomic E-state index is 12.5. The molecule has 0 spiro atoms. The van der Waals surface area contributed by atoms with Crippen LogP contribution in [0.2, 0.25) is 0 Å². The van der Waals surface area contributed by atoms with Crippen LogP contribution in [0.4, 0.5) is 0 Å². The van der Waals surface area contributed by atoms with Crippen LogP contribution in [0.15, 0.2) is 76.5 Å². The Morgan fingerprint density at radius 1 is 1.00 bits per heavy atom. The molecule has 0 unspecified atom stereocenters. The summed E-state index contributed by atoms with van der Waals surface area (Å²) in [6.07, 6.45) is 4.75. The molecule has 112 valence electrons. The van der Waals surface area contributed by atoms with Gasteiger partial charge in [0.05, 0.1) is 30.0 Å². The van der Waals surface area contributed by atoms with E-state index < -0.39 is 0 Å². The Balaban J connectivity index is 1.66. The molecular formula is C18H13N3O2. The van der Waals surface area contributed by atoms with Crippen molar-refractivity contribution in [2.24, 2.45) is 0 Å². The number of rotatable bonds is 3. The van der Waals surface area contributed by atoms with Gasteiger partial charge in [-0.25, -0.2) is 9.97 Å². The van der Waals surface area contributed by atoms with Crippen LogP contribution in [-0.2, 0) is 6.54 Å². The summed E-state index contributed by atoms with van der Waals surface area (Å²) in [5, 5.41) is 0.631. The van der Waals surface area contributed by atoms with Crippen molar-refractivity contribution in [1.29, 1.82) is 0 Å². The van der Waals surface area contributed by atoms with Crippen molar-refractivity contribution in [2.45, 2.75) is 6.54 Å². The normalized spacial score (nSPS) is 11.0. The number of oxazole rings is 1. The minimum Gasteiger partial charge on any atom is -0.445 e. The number of benzene rings is 2. The summed E-state index contributed by atoms with van der Waals surface area (Å²) in [6.45, 7) is 0.475. The van der Waals surface area contributed by atoms with Gasteiger partial charge in [-0.3, -0.25) is 9.36 Å². The van der Waals surface area contributed by atoms with Gasteiger partial charge < -0.3 is 4.42 Å². The van der Waals surface area contributed by atoms with Crippen molar-refractivity contribution in [3.63, 3.8) is 0 Å². The topological polar surface area (TPSA) is 60.9 Å². The van der Waals surface area contributed by atoms with Crippen LogP contribution in [0.25, 0.3) is 22.4 Å². The molecule has 0 amide bonds. The van der Waals surface area contributed by atoms with Crippen molar-refractivity contribution in [1.82, 2.24) is 14.5 Å². The molecule has 0 saturated heterocycles. The van der Waals surface area contributed by atoms with Gasteiger partial charge in [0.1, 0.15) is 6.26 Å². The molecule has 0 fully saturated rings. The fourth-order valence-corrected chi connectivity index (χ4v) is 2.53. The van der Waals surface area contributed by atoms with Crippen molar-refractivity contribution >= 4 is 10.9 Å². The van der Waals surface area contributed by atoms with E-state index in [0.29, 0.717) is 23.3 Å². The maximum Gasteiger partial charge on any atom is 0.261 e. The zero-order valence-electron chi connectivity index (χ0n) is 12.2. The Hall–Kier alpha value is -3.21. The van der Waals surface area contributed by atoms with Crippen molar-refractivity contribution in [3.8, 4) is 11.5 Å². The summed E-state index contributed by atoms with van der Waals surface area (Å²) in [4.78, 5) is 20.9. The van der Waals surface area contributed by atoms with Gasteiger partial charge in [-0.2, -0.15) is 0 Å². The van der Waals surface area contributed by atoms with Gasteiger partial charge in [0.2, 0.25) is 5.89 Å². The van der Waals surface area contributed by atoms with E-state index >= 15 is 0 Å². The molecule has 4 rings (SSSR count). The molecule has 0 aliphatic carbocycles. The summed E-state index contributed by atoms with van der Waals surface area (Å²) >= 11 is 0. The second kappa shape index (κ2) is 5.53. The van der Waals surface area contributed by atoms with Crippen LogP contribution in [0.1, 0.15) is 5.56 Å². The summed E-state index contributed by atoms with van der Waals surface area (Å²) < 4.78 is 6.88. The highest BCUT2D eigenvalue weighted by Crippen LogP contribution is 2.17. The molecule has 5 heteroatoms. The van der Waals surface area contributed by atoms with E-state index in [1.165, 1.54) is 0 Å². The Morgan fingerprint density at radius 2 is 1.83 bits per heavy atom. The first-order valence-electron chi connectivity index (χ1n) is 7.24. The third-order valence-corrected chi connectivity index (χ3v) is 3.72. The molecule has 2 aromatic heterocycles. The summed E-state index contributed by atoms with van der Waals surface area (Å²) in [6, 6.07) is 15.1. The maximum atomic E-state index is 12.5. The van der Waals surface area contributed by atoms with Crippen LogP contribution in [-0.4, -0.2) is 14.5 Å². The monoisotopic (exact) mass is 303 g/mol. The summed E-state index contributed by atoms with van der Waals surface area (Å²) in [7, 11) is 0. The second-order valence-corrected chi connectivity index (χ2v) is 5.23. The lowest BCUT2D eigenvalue weighted by Crippen LogP contribution is -2.21. The third kappa shape index (κ3) is 2.53. The van der Waals surface area contributed by atoms with Crippen molar-refractivity contribution in [2.75, 3.05) is 0 Å². The van der Waals surface area contributed by atoms with Gasteiger partial charge in [-0.05, 0) is 29.8 Å². The lowest BCUT2D eigenvalue weighted by atomic mass is 10.1. The van der Waals surface area contributed by atoms with Crippen LogP contribution >= 0.6 is 0 Å². The predicted octanol–water partition coefficient (Wildman–Crippen LogP) is 3.10. The standard InChI is InChI=1S/C18H13N3O2/c22-18-15-3-1-2-4-16(15)20-12-21(18)11-13-5-7-14(8-6-13)17-19-9-10-23-17/h1-10,12H,11H2. The second-order valence-electron chi connectivity index (χ2n) is 5.23. The van der Waals surface area contributed by atoms with Gasteiger partial charge in [-0.15, -0.1) is 0 Å². The Labute approximate surface area is 131 Å². The number of hydrogen-bond acceptors (Lipinski definition) is 4. The number of hydrogen-bond donors (Lipinski definition) is 0. The van der Waals surface area contributed by atoms with Gasteiger partial charge in [0, 0.05) is 5.56 Å². The first-order chi connectivity index (χ1) is 11.3. The highest BCUT2D eigenvalue weighted by Gasteiger charge is 2.05. The number of aromatic nitrogens is 3. The average molecular weight is 303 g/mol. The fourth-order valence-electron chi connectivity index (χ4n) is 2.53. The predicted molar refractivity (Wildman–Crippen MR) is 87.0 cm³/mol. The molecule has 0 atom stereocenters. The smallest absolute Gasteiger partial charge is 0.261 e. The van der Waals surface area contributed by atoms with E-state index in [-0.39, 0.29) is 5.56 Å². The van der Waals surface area contributed by atoms with Crippen molar-refractivity contribution in [3.05, 3.63) is 83.2 Å². The molecular weight excluding hydrogens is 290 g/mol. The molecule has 2 aromatic carbocycles. The first-order valence-corrected chi connectivity index (χ1v) is 7.24. The zero-order chi connectivity index (χ0) is 15.6. The first kappa shape index (κ1) is 13.5. The van der Waals surface area contributed by atoms with Crippen LogP contribution < -0.4 is 5.56 Å². The fraction of sp³-hybridized carbons (Fsp3) is 0.0556. The molecule has 0 radical (unpaired) electrons. The summed E-state index contributed by atoms with van der Waals surface area (Å²) in [5.41, 5.74) is 2.60. The molecule has 0 saturated carbocycles. The van der Waals surface area contributed by atoms with Gasteiger partial charge in [-0.1, -0.05) is 24.3 Å². The highest BCUT2D eigenvalue weighted by molar-refractivity contribution is 5.76. The Kier molecular flexibility index (Phi) is 3.24. The number of para-hydroxylation sites is 1. The number of nitrogens with zero attached hydrogens (tertiary/aromatic N) is 3. The highest BCUT2D eigenvalue weighted by atomic mass is 16.3. The Bertz CT molecular complexity index is 1000. The molecule has 2 heterocycles. The van der Waals surface area contributed by atoms with Crippen LogP contribution in [0.5, 0.6) is 0 Å². The van der Waals surface area contributed by atoms with Gasteiger partial charge in [0.15, 0.2) is 0 Å². The molecule has 5 nitrogen and oxygen atoms in total. The molecule has 0 bridgehead atoms. The molecule has 0 N–H and O–H groups in total.